The molecular weight excluding hydrogens is 322 g/mol. The fourth-order valence-corrected chi connectivity index (χ4v) is 3.36. The topological polar surface area (TPSA) is 154 Å². The SMILES string of the molecule is NC(=O)c1ccc(S(=O)(=O)F)c(S(=O)(=O)F)c1C(N)=O. The molecule has 0 saturated carbocycles. The largest absolute Gasteiger partial charge is 0.366 e. The first-order chi connectivity index (χ1) is 8.87. The van der Waals surface area contributed by atoms with Crippen LogP contribution in [0.5, 0.6) is 0 Å². The summed E-state index contributed by atoms with van der Waals surface area (Å²) >= 11 is 0. The molecule has 0 aliphatic carbocycles. The molecule has 0 aliphatic heterocycles. The van der Waals surface area contributed by atoms with Crippen LogP contribution in [-0.2, 0) is 20.4 Å². The van der Waals surface area contributed by atoms with E-state index in [0.29, 0.717) is 6.07 Å². The second-order valence-corrected chi connectivity index (χ2v) is 6.02. The molecule has 8 nitrogen and oxygen atoms in total. The maximum atomic E-state index is 13.2. The number of rotatable bonds is 4. The van der Waals surface area contributed by atoms with Crippen LogP contribution in [0.2, 0.25) is 0 Å². The lowest BCUT2D eigenvalue weighted by molar-refractivity contribution is 0.0964. The second kappa shape index (κ2) is 4.79. The van der Waals surface area contributed by atoms with Crippen LogP contribution in [0.1, 0.15) is 20.7 Å². The summed E-state index contributed by atoms with van der Waals surface area (Å²) in [5.74, 6) is -3.05. The summed E-state index contributed by atoms with van der Waals surface area (Å²) in [5, 5.41) is 0. The number of carbonyl (C=O) groups excluding carboxylic acids is 2. The van der Waals surface area contributed by atoms with Gasteiger partial charge < -0.3 is 11.5 Å². The number of halogens is 2. The number of carbonyl (C=O) groups is 2. The fourth-order valence-electron chi connectivity index (χ4n) is 1.45. The average molecular weight is 328 g/mol. The standard InChI is InChI=1S/C8H6F2N2O6S2/c9-19(15,16)4-2-1-3(7(11)13)5(8(12)14)6(4)20(10,17)18/h1-2H,(H2,11,13)(H2,12,14). The van der Waals surface area contributed by atoms with E-state index in [4.69, 9.17) is 11.5 Å². The molecule has 2 amide bonds. The zero-order valence-electron chi connectivity index (χ0n) is 9.33. The van der Waals surface area contributed by atoms with Crippen LogP contribution >= 0.6 is 0 Å². The van der Waals surface area contributed by atoms with E-state index in [1.807, 2.05) is 0 Å². The molecule has 0 aromatic heterocycles. The van der Waals surface area contributed by atoms with Crippen LogP contribution in [0.25, 0.3) is 0 Å². The van der Waals surface area contributed by atoms with Gasteiger partial charge in [-0.3, -0.25) is 9.59 Å². The van der Waals surface area contributed by atoms with E-state index in [1.54, 1.807) is 0 Å². The Bertz CT molecular complexity index is 816. The molecule has 0 unspecified atom stereocenters. The van der Waals surface area contributed by atoms with E-state index >= 15 is 0 Å². The number of benzene rings is 1. The van der Waals surface area contributed by atoms with Crippen molar-refractivity contribution in [1.82, 2.24) is 0 Å². The van der Waals surface area contributed by atoms with Crippen LogP contribution in [0.3, 0.4) is 0 Å². The highest BCUT2D eigenvalue weighted by Gasteiger charge is 2.34. The van der Waals surface area contributed by atoms with Crippen molar-refractivity contribution < 1.29 is 34.2 Å². The predicted molar refractivity (Wildman–Crippen MR) is 60.1 cm³/mol. The Kier molecular flexibility index (Phi) is 3.83. The van der Waals surface area contributed by atoms with Crippen molar-refractivity contribution in [2.75, 3.05) is 0 Å². The Morgan fingerprint density at radius 2 is 1.40 bits per heavy atom. The highest BCUT2D eigenvalue weighted by Crippen LogP contribution is 2.30. The first kappa shape index (κ1) is 16.0. The van der Waals surface area contributed by atoms with Gasteiger partial charge in [0, 0.05) is 0 Å². The Morgan fingerprint density at radius 1 is 0.900 bits per heavy atom. The van der Waals surface area contributed by atoms with Gasteiger partial charge in [-0.15, -0.1) is 7.77 Å². The van der Waals surface area contributed by atoms with Gasteiger partial charge in [0.25, 0.3) is 5.91 Å². The van der Waals surface area contributed by atoms with Gasteiger partial charge in [-0.1, -0.05) is 0 Å². The summed E-state index contributed by atoms with van der Waals surface area (Å²) in [6, 6.07) is 0.831. The Balaban J connectivity index is 4.13. The maximum Gasteiger partial charge on any atom is 0.334 e. The molecule has 12 heteroatoms. The van der Waals surface area contributed by atoms with Gasteiger partial charge in [0.15, 0.2) is 0 Å². The lowest BCUT2D eigenvalue weighted by Gasteiger charge is -2.10. The van der Waals surface area contributed by atoms with Gasteiger partial charge in [-0.05, 0) is 12.1 Å². The summed E-state index contributed by atoms with van der Waals surface area (Å²) in [6.07, 6.45) is 0. The van der Waals surface area contributed by atoms with Gasteiger partial charge in [0.2, 0.25) is 5.91 Å². The summed E-state index contributed by atoms with van der Waals surface area (Å²) in [6.45, 7) is 0. The summed E-state index contributed by atoms with van der Waals surface area (Å²) in [7, 11) is -11.6. The minimum absolute atomic E-state index is 0.286. The van der Waals surface area contributed by atoms with Gasteiger partial charge >= 0.3 is 20.4 Å². The van der Waals surface area contributed by atoms with Crippen molar-refractivity contribution in [2.45, 2.75) is 9.79 Å². The van der Waals surface area contributed by atoms with Gasteiger partial charge in [0.05, 0.1) is 11.1 Å². The predicted octanol–water partition coefficient (Wildman–Crippen LogP) is -0.799. The molecule has 1 rings (SSSR count). The number of nitrogens with two attached hydrogens (primary N) is 2. The lowest BCUT2D eigenvalue weighted by atomic mass is 10.1. The molecule has 0 heterocycles. The van der Waals surface area contributed by atoms with Crippen molar-refractivity contribution in [3.63, 3.8) is 0 Å². The number of amides is 2. The van der Waals surface area contributed by atoms with Crippen LogP contribution in [0.4, 0.5) is 7.77 Å². The van der Waals surface area contributed by atoms with Crippen LogP contribution < -0.4 is 11.5 Å². The molecule has 0 spiro atoms. The van der Waals surface area contributed by atoms with E-state index < -0.39 is 53.2 Å². The molecule has 0 bridgehead atoms. The van der Waals surface area contributed by atoms with Crippen LogP contribution in [0, 0.1) is 0 Å². The minimum atomic E-state index is -5.88. The lowest BCUT2D eigenvalue weighted by Crippen LogP contribution is -2.24. The first-order valence-electron chi connectivity index (χ1n) is 4.53. The normalized spacial score (nSPS) is 12.1. The van der Waals surface area contributed by atoms with Crippen molar-refractivity contribution in [1.29, 1.82) is 0 Å². The fraction of sp³-hybridized carbons (Fsp3) is 0. The third-order valence-electron chi connectivity index (χ3n) is 2.14. The number of primary amides is 2. The summed E-state index contributed by atoms with van der Waals surface area (Å²) in [4.78, 5) is 18.6. The molecule has 0 saturated heterocycles. The van der Waals surface area contributed by atoms with Crippen molar-refractivity contribution in [2.24, 2.45) is 11.5 Å². The first-order valence-corrected chi connectivity index (χ1v) is 7.30. The Morgan fingerprint density at radius 3 is 1.70 bits per heavy atom. The number of hydrogen-bond acceptors (Lipinski definition) is 6. The molecule has 0 radical (unpaired) electrons. The number of hydrogen-bond donors (Lipinski definition) is 2. The summed E-state index contributed by atoms with van der Waals surface area (Å²) < 4.78 is 69.6. The molecule has 110 valence electrons. The summed E-state index contributed by atoms with van der Waals surface area (Å²) in [5.41, 5.74) is 7.39. The van der Waals surface area contributed by atoms with Gasteiger partial charge in [0.1, 0.15) is 9.79 Å². The minimum Gasteiger partial charge on any atom is -0.366 e. The van der Waals surface area contributed by atoms with Crippen molar-refractivity contribution in [3.05, 3.63) is 23.3 Å². The van der Waals surface area contributed by atoms with Gasteiger partial charge in [-0.2, -0.15) is 16.8 Å². The molecule has 20 heavy (non-hydrogen) atoms. The zero-order valence-corrected chi connectivity index (χ0v) is 11.0. The van der Waals surface area contributed by atoms with E-state index in [1.165, 1.54) is 0 Å². The molecule has 0 aliphatic rings. The molecule has 4 N–H and O–H groups in total. The molecule has 0 fully saturated rings. The molecule has 1 aromatic carbocycles. The van der Waals surface area contributed by atoms with E-state index in [9.17, 15) is 34.2 Å². The second-order valence-electron chi connectivity index (χ2n) is 3.42. The molecular formula is C8H6F2N2O6S2. The monoisotopic (exact) mass is 328 g/mol. The quantitative estimate of drug-likeness (QED) is 0.689. The third-order valence-corrected chi connectivity index (χ3v) is 4.05. The Hall–Kier alpha value is -2.08. The van der Waals surface area contributed by atoms with Gasteiger partial charge in [-0.25, -0.2) is 0 Å². The molecule has 0 atom stereocenters. The van der Waals surface area contributed by atoms with Crippen molar-refractivity contribution in [3.8, 4) is 0 Å². The Labute approximate surface area is 111 Å². The van der Waals surface area contributed by atoms with Crippen LogP contribution in [-0.4, -0.2) is 28.6 Å². The van der Waals surface area contributed by atoms with Crippen molar-refractivity contribution >= 4 is 32.3 Å². The van der Waals surface area contributed by atoms with E-state index in [-0.39, 0.29) is 6.07 Å². The molecule has 1 aromatic rings. The highest BCUT2D eigenvalue weighted by atomic mass is 32.3. The zero-order chi connectivity index (χ0) is 15.9. The van der Waals surface area contributed by atoms with Crippen LogP contribution in [0.15, 0.2) is 21.9 Å². The third kappa shape index (κ3) is 2.91. The maximum absolute atomic E-state index is 13.2. The average Bonchev–Trinajstić information content (AvgIpc) is 2.24. The van der Waals surface area contributed by atoms with E-state index in [0.717, 1.165) is 0 Å². The smallest absolute Gasteiger partial charge is 0.334 e. The highest BCUT2D eigenvalue weighted by molar-refractivity contribution is 7.89. The van der Waals surface area contributed by atoms with E-state index in [2.05, 4.69) is 0 Å².